The Morgan fingerprint density at radius 3 is 1.14 bits per heavy atom. The first-order valence-corrected chi connectivity index (χ1v) is 20.5. The van der Waals surface area contributed by atoms with Gasteiger partial charge in [-0.2, -0.15) is 10.2 Å². The molecule has 0 saturated heterocycles. The van der Waals surface area contributed by atoms with Gasteiger partial charge in [-0.3, -0.25) is 9.59 Å². The van der Waals surface area contributed by atoms with Gasteiger partial charge in [0.15, 0.2) is 11.4 Å². The smallest absolute Gasteiger partial charge is 0.271 e. The monoisotopic (exact) mass is 868 g/mol. The van der Waals surface area contributed by atoms with Crippen LogP contribution in [0.3, 0.4) is 0 Å². The minimum absolute atomic E-state index is 0.252. The summed E-state index contributed by atoms with van der Waals surface area (Å²) in [5, 5.41) is 18.3. The first-order chi connectivity index (χ1) is 27.1. The van der Waals surface area contributed by atoms with Crippen molar-refractivity contribution in [1.82, 2.24) is 30.2 Å². The summed E-state index contributed by atoms with van der Waals surface area (Å²) in [5.74, 6) is -0.505. The summed E-state index contributed by atoms with van der Waals surface area (Å²) in [7, 11) is 0. The van der Waals surface area contributed by atoms with Gasteiger partial charge in [-0.25, -0.2) is 9.36 Å². The number of carbonyl (C=O) groups excluding carboxylic acids is 2. The Bertz CT molecular complexity index is 2130. The molecule has 0 fully saturated rings. The van der Waals surface area contributed by atoms with E-state index >= 15 is 0 Å². The van der Waals surface area contributed by atoms with E-state index in [0.717, 1.165) is 62.5 Å². The van der Waals surface area contributed by atoms with E-state index in [1.165, 1.54) is 0 Å². The normalized spacial score (nSPS) is 11.2. The van der Waals surface area contributed by atoms with E-state index in [0.29, 0.717) is 66.0 Å². The van der Waals surface area contributed by atoms with Crippen LogP contribution in [0.2, 0.25) is 30.1 Å². The van der Waals surface area contributed by atoms with Crippen molar-refractivity contribution < 1.29 is 9.59 Å². The molecule has 56 heavy (non-hydrogen) atoms. The van der Waals surface area contributed by atoms with Gasteiger partial charge in [0.25, 0.3) is 11.8 Å². The molecule has 2 aromatic heterocycles. The number of rotatable bonds is 17. The summed E-state index contributed by atoms with van der Waals surface area (Å²) in [5.41, 5.74) is 4.88. The minimum Gasteiger partial charge on any atom is -0.351 e. The fraction of sp³-hybridized carbons (Fsp3) is 0.238. The Hall–Kier alpha value is -4.02. The zero-order chi connectivity index (χ0) is 39.6. The van der Waals surface area contributed by atoms with Crippen molar-refractivity contribution in [1.29, 1.82) is 0 Å². The van der Waals surface area contributed by atoms with Crippen molar-refractivity contribution in [2.45, 2.75) is 51.4 Å². The maximum absolute atomic E-state index is 13.1. The number of nitrogens with one attached hydrogen (secondary N) is 2. The Morgan fingerprint density at radius 1 is 0.446 bits per heavy atom. The maximum atomic E-state index is 13.1. The van der Waals surface area contributed by atoms with Crippen LogP contribution < -0.4 is 10.6 Å². The number of carbonyl (C=O) groups is 2. The van der Waals surface area contributed by atoms with Crippen molar-refractivity contribution in [3.05, 3.63) is 139 Å². The Balaban J connectivity index is 0.901. The molecule has 0 atom stereocenters. The standard InChI is InChI=1S/C42H38Cl6N6O2/c43-29-13-9-27(10-14-29)39-25-35(51-53(39)37-19-17-31(45)23-33(37)47)41(55)49-21-7-5-3-1-2-4-6-8-22-50-42(56)36-26-40(28-11-15-30(44)16-12-28)54(52-36)38-20-18-32(46)24-34(38)48/h9-20,23-26H,1-8,21-22H2,(H,49,55)(H,50,56). The molecule has 0 saturated carbocycles. The lowest BCUT2D eigenvalue weighted by Gasteiger charge is -2.10. The summed E-state index contributed by atoms with van der Waals surface area (Å²) in [6.07, 6.45) is 8.11. The van der Waals surface area contributed by atoms with E-state index in [4.69, 9.17) is 69.6 Å². The fourth-order valence-corrected chi connectivity index (χ4v) is 7.43. The van der Waals surface area contributed by atoms with E-state index in [1.807, 2.05) is 24.3 Å². The van der Waals surface area contributed by atoms with Crippen molar-refractivity contribution in [3.63, 3.8) is 0 Å². The molecule has 4 aromatic carbocycles. The molecule has 8 nitrogen and oxygen atoms in total. The lowest BCUT2D eigenvalue weighted by molar-refractivity contribution is 0.0939. The second-order valence-electron chi connectivity index (χ2n) is 13.2. The summed E-state index contributed by atoms with van der Waals surface area (Å²) < 4.78 is 3.30. The molecule has 6 rings (SSSR count). The number of benzene rings is 4. The van der Waals surface area contributed by atoms with Crippen LogP contribution in [0.5, 0.6) is 0 Å². The highest BCUT2D eigenvalue weighted by Gasteiger charge is 2.20. The average molecular weight is 872 g/mol. The molecule has 2 amide bonds. The predicted molar refractivity (Wildman–Crippen MR) is 230 cm³/mol. The third-order valence-electron chi connectivity index (χ3n) is 9.11. The lowest BCUT2D eigenvalue weighted by Crippen LogP contribution is -2.25. The SMILES string of the molecule is O=C(NCCCCCCCCCCNC(=O)c1cc(-c2ccc(Cl)cc2)n(-c2ccc(Cl)cc2Cl)n1)c1cc(-c2ccc(Cl)cc2)n(-c2ccc(Cl)cc2Cl)n1. The summed E-state index contributed by atoms with van der Waals surface area (Å²) in [4.78, 5) is 26.2. The van der Waals surface area contributed by atoms with Crippen LogP contribution in [0.4, 0.5) is 0 Å². The van der Waals surface area contributed by atoms with Gasteiger partial charge in [-0.1, -0.05) is 132 Å². The van der Waals surface area contributed by atoms with Crippen LogP contribution in [0, 0.1) is 0 Å². The van der Waals surface area contributed by atoms with E-state index in [2.05, 4.69) is 20.8 Å². The van der Waals surface area contributed by atoms with Crippen molar-refractivity contribution in [3.8, 4) is 33.9 Å². The summed E-state index contributed by atoms with van der Waals surface area (Å²) in [6, 6.07) is 28.4. The van der Waals surface area contributed by atoms with Gasteiger partial charge in [0.2, 0.25) is 0 Å². The number of amides is 2. The van der Waals surface area contributed by atoms with Crippen LogP contribution in [0.15, 0.2) is 97.1 Å². The van der Waals surface area contributed by atoms with E-state index in [-0.39, 0.29) is 23.2 Å². The van der Waals surface area contributed by atoms with Gasteiger partial charge in [0, 0.05) is 44.3 Å². The lowest BCUT2D eigenvalue weighted by atomic mass is 10.1. The highest BCUT2D eigenvalue weighted by Crippen LogP contribution is 2.32. The molecule has 0 aliphatic heterocycles. The van der Waals surface area contributed by atoms with Gasteiger partial charge in [-0.15, -0.1) is 0 Å². The zero-order valence-electron chi connectivity index (χ0n) is 30.2. The third kappa shape index (κ3) is 10.9. The summed E-state index contributed by atoms with van der Waals surface area (Å²) in [6.45, 7) is 1.10. The van der Waals surface area contributed by atoms with Crippen molar-refractivity contribution >= 4 is 81.4 Å². The highest BCUT2D eigenvalue weighted by molar-refractivity contribution is 6.36. The molecule has 2 heterocycles. The first-order valence-electron chi connectivity index (χ1n) is 18.3. The molecule has 0 aliphatic carbocycles. The van der Waals surface area contributed by atoms with Crippen LogP contribution in [-0.2, 0) is 0 Å². The molecule has 0 bridgehead atoms. The van der Waals surface area contributed by atoms with E-state index in [1.54, 1.807) is 82.2 Å². The van der Waals surface area contributed by atoms with Crippen molar-refractivity contribution in [2.75, 3.05) is 13.1 Å². The number of hydrogen-bond donors (Lipinski definition) is 2. The molecule has 0 spiro atoms. The van der Waals surface area contributed by atoms with Crippen LogP contribution >= 0.6 is 69.6 Å². The van der Waals surface area contributed by atoms with Crippen LogP contribution in [0.1, 0.15) is 72.3 Å². The highest BCUT2D eigenvalue weighted by atomic mass is 35.5. The fourth-order valence-electron chi connectivity index (χ4n) is 6.21. The Kier molecular flexibility index (Phi) is 14.8. The van der Waals surface area contributed by atoms with Gasteiger partial charge >= 0.3 is 0 Å². The Morgan fingerprint density at radius 2 is 0.786 bits per heavy atom. The molecule has 14 heteroatoms. The van der Waals surface area contributed by atoms with E-state index < -0.39 is 0 Å². The Labute approximate surface area is 356 Å². The second kappa shape index (κ2) is 19.9. The predicted octanol–water partition coefficient (Wildman–Crippen LogP) is 12.6. The molecular weight excluding hydrogens is 833 g/mol. The van der Waals surface area contributed by atoms with Crippen LogP contribution in [-0.4, -0.2) is 44.5 Å². The zero-order valence-corrected chi connectivity index (χ0v) is 34.7. The topological polar surface area (TPSA) is 93.8 Å². The van der Waals surface area contributed by atoms with E-state index in [9.17, 15) is 9.59 Å². The third-order valence-corrected chi connectivity index (χ3v) is 10.7. The van der Waals surface area contributed by atoms with Crippen molar-refractivity contribution in [2.24, 2.45) is 0 Å². The average Bonchev–Trinajstić information content (AvgIpc) is 3.82. The number of hydrogen-bond acceptors (Lipinski definition) is 4. The van der Waals surface area contributed by atoms with Crippen LogP contribution in [0.25, 0.3) is 33.9 Å². The largest absolute Gasteiger partial charge is 0.351 e. The summed E-state index contributed by atoms with van der Waals surface area (Å²) >= 11 is 37.5. The molecule has 0 unspecified atom stereocenters. The molecule has 6 aromatic rings. The van der Waals surface area contributed by atoms with Gasteiger partial charge in [-0.05, 0) is 85.6 Å². The first kappa shape index (κ1) is 41.6. The molecule has 0 aliphatic rings. The quantitative estimate of drug-likeness (QED) is 0.0893. The molecule has 2 N–H and O–H groups in total. The molecule has 290 valence electrons. The number of halogens is 6. The maximum Gasteiger partial charge on any atom is 0.271 e. The number of aromatic nitrogens is 4. The second-order valence-corrected chi connectivity index (χ2v) is 15.8. The van der Waals surface area contributed by atoms with Gasteiger partial charge in [0.1, 0.15) is 0 Å². The number of unbranched alkanes of at least 4 members (excludes halogenated alkanes) is 7. The van der Waals surface area contributed by atoms with Gasteiger partial charge < -0.3 is 10.6 Å². The van der Waals surface area contributed by atoms with Gasteiger partial charge in [0.05, 0.1) is 32.8 Å². The number of nitrogens with zero attached hydrogens (tertiary/aromatic N) is 4. The minimum atomic E-state index is -0.252. The molecular formula is C42H38Cl6N6O2. The molecule has 0 radical (unpaired) electrons.